The van der Waals surface area contributed by atoms with Crippen LogP contribution in [0, 0.1) is 6.92 Å². The van der Waals surface area contributed by atoms with Crippen molar-refractivity contribution in [3.63, 3.8) is 0 Å². The maximum atomic E-state index is 12.6. The van der Waals surface area contributed by atoms with E-state index < -0.39 is 17.9 Å². The van der Waals surface area contributed by atoms with Gasteiger partial charge in [-0.3, -0.25) is 9.59 Å². The summed E-state index contributed by atoms with van der Waals surface area (Å²) in [5.74, 6) is -1.29. The largest absolute Gasteiger partial charge is 0.481 e. The van der Waals surface area contributed by atoms with Crippen molar-refractivity contribution in [1.82, 2.24) is 24.9 Å². The molecule has 0 spiro atoms. The summed E-state index contributed by atoms with van der Waals surface area (Å²) >= 11 is 0. The molecule has 1 aromatic carbocycles. The van der Waals surface area contributed by atoms with Crippen LogP contribution in [0.2, 0.25) is 0 Å². The van der Waals surface area contributed by atoms with Crippen molar-refractivity contribution in [3.8, 4) is 0 Å². The first-order chi connectivity index (χ1) is 13.1. The summed E-state index contributed by atoms with van der Waals surface area (Å²) in [5, 5.41) is 16.2. The van der Waals surface area contributed by atoms with Crippen molar-refractivity contribution < 1.29 is 14.7 Å². The molecule has 1 amide bonds. The molecule has 0 saturated carbocycles. The van der Waals surface area contributed by atoms with E-state index in [4.69, 9.17) is 0 Å². The summed E-state index contributed by atoms with van der Waals surface area (Å²) in [7, 11) is 0. The molecular weight excluding hydrogens is 358 g/mol. The Labute approximate surface area is 162 Å². The van der Waals surface area contributed by atoms with Gasteiger partial charge in [0.25, 0.3) is 11.7 Å². The third-order valence-corrected chi connectivity index (χ3v) is 4.50. The summed E-state index contributed by atoms with van der Waals surface area (Å²) in [6.45, 7) is 8.13. The molecule has 2 aromatic heterocycles. The van der Waals surface area contributed by atoms with Gasteiger partial charge in [0, 0.05) is 11.9 Å². The molecule has 2 N–H and O–H groups in total. The number of aromatic nitrogens is 4. The maximum absolute atomic E-state index is 12.6. The molecule has 0 aliphatic carbocycles. The van der Waals surface area contributed by atoms with Crippen molar-refractivity contribution in [2.75, 3.05) is 0 Å². The van der Waals surface area contributed by atoms with E-state index in [1.54, 1.807) is 12.3 Å². The summed E-state index contributed by atoms with van der Waals surface area (Å²) in [5.41, 5.74) is 2.61. The van der Waals surface area contributed by atoms with Crippen molar-refractivity contribution in [2.24, 2.45) is 0 Å². The lowest BCUT2D eigenvalue weighted by Crippen LogP contribution is -2.31. The number of carboxylic acids is 1. The molecule has 0 aliphatic heterocycles. The molecule has 3 rings (SSSR count). The number of aryl methyl sites for hydroxylation is 1. The summed E-state index contributed by atoms with van der Waals surface area (Å²) in [6, 6.07) is 8.65. The van der Waals surface area contributed by atoms with Crippen LogP contribution in [0.4, 0.5) is 0 Å². The van der Waals surface area contributed by atoms with Crippen LogP contribution in [0.25, 0.3) is 5.78 Å². The predicted octanol–water partition coefficient (Wildman–Crippen LogP) is 2.68. The van der Waals surface area contributed by atoms with Gasteiger partial charge in [0.2, 0.25) is 5.82 Å². The molecule has 2 heterocycles. The van der Waals surface area contributed by atoms with Crippen LogP contribution >= 0.6 is 0 Å². The quantitative estimate of drug-likeness (QED) is 0.703. The van der Waals surface area contributed by atoms with Gasteiger partial charge in [0.1, 0.15) is 0 Å². The smallest absolute Gasteiger partial charge is 0.305 e. The van der Waals surface area contributed by atoms with E-state index in [0.29, 0.717) is 11.3 Å². The molecule has 0 aliphatic rings. The number of carbonyl (C=O) groups excluding carboxylic acids is 1. The highest BCUT2D eigenvalue weighted by molar-refractivity contribution is 5.91. The number of fused-ring (bicyclic) bond motifs is 1. The average molecular weight is 381 g/mol. The van der Waals surface area contributed by atoms with Crippen LogP contribution < -0.4 is 5.32 Å². The number of benzene rings is 1. The van der Waals surface area contributed by atoms with E-state index >= 15 is 0 Å². The highest BCUT2D eigenvalue weighted by Gasteiger charge is 2.23. The van der Waals surface area contributed by atoms with Crippen molar-refractivity contribution in [3.05, 3.63) is 59.2 Å². The van der Waals surface area contributed by atoms with Crippen molar-refractivity contribution >= 4 is 17.7 Å². The Morgan fingerprint density at radius 2 is 1.86 bits per heavy atom. The summed E-state index contributed by atoms with van der Waals surface area (Å²) in [6.07, 6.45) is 1.34. The van der Waals surface area contributed by atoms with Gasteiger partial charge in [0.15, 0.2) is 0 Å². The first-order valence-corrected chi connectivity index (χ1v) is 8.96. The first-order valence-electron chi connectivity index (χ1n) is 8.96. The van der Waals surface area contributed by atoms with Gasteiger partial charge in [0.05, 0.1) is 12.5 Å². The average Bonchev–Trinajstić information content (AvgIpc) is 3.06. The molecule has 0 radical (unpaired) electrons. The Morgan fingerprint density at radius 3 is 2.43 bits per heavy atom. The number of rotatable bonds is 5. The molecule has 1 unspecified atom stereocenters. The number of hydrogen-bond donors (Lipinski definition) is 2. The van der Waals surface area contributed by atoms with Gasteiger partial charge in [-0.05, 0) is 29.5 Å². The van der Waals surface area contributed by atoms with E-state index in [-0.39, 0.29) is 17.7 Å². The minimum atomic E-state index is -1.01. The Balaban J connectivity index is 1.86. The lowest BCUT2D eigenvalue weighted by Gasteiger charge is -2.21. The van der Waals surface area contributed by atoms with Gasteiger partial charge in [-0.2, -0.15) is 4.98 Å². The Kier molecular flexibility index (Phi) is 5.13. The second kappa shape index (κ2) is 7.38. The highest BCUT2D eigenvalue weighted by atomic mass is 16.4. The van der Waals surface area contributed by atoms with Crippen LogP contribution in [0.5, 0.6) is 0 Å². The molecule has 146 valence electrons. The fourth-order valence-electron chi connectivity index (χ4n) is 2.87. The zero-order valence-electron chi connectivity index (χ0n) is 16.3. The Bertz CT molecular complexity index is 1020. The molecule has 28 heavy (non-hydrogen) atoms. The lowest BCUT2D eigenvalue weighted by molar-refractivity contribution is -0.137. The summed E-state index contributed by atoms with van der Waals surface area (Å²) in [4.78, 5) is 32.2. The van der Waals surface area contributed by atoms with E-state index in [0.717, 1.165) is 11.3 Å². The minimum Gasteiger partial charge on any atom is -0.481 e. The number of amides is 1. The third-order valence-electron chi connectivity index (χ3n) is 4.50. The third kappa shape index (κ3) is 4.16. The van der Waals surface area contributed by atoms with E-state index in [2.05, 4.69) is 41.2 Å². The van der Waals surface area contributed by atoms with Crippen LogP contribution in [0.3, 0.4) is 0 Å². The fraction of sp³-hybridized carbons (Fsp3) is 0.350. The predicted molar refractivity (Wildman–Crippen MR) is 103 cm³/mol. The topological polar surface area (TPSA) is 109 Å². The van der Waals surface area contributed by atoms with Gasteiger partial charge in [-0.15, -0.1) is 5.10 Å². The molecule has 0 saturated heterocycles. The van der Waals surface area contributed by atoms with Gasteiger partial charge in [-0.1, -0.05) is 45.0 Å². The molecule has 8 heteroatoms. The molecule has 3 aromatic rings. The van der Waals surface area contributed by atoms with E-state index in [1.165, 1.54) is 4.52 Å². The number of nitrogens with zero attached hydrogens (tertiary/aromatic N) is 4. The van der Waals surface area contributed by atoms with E-state index in [9.17, 15) is 14.7 Å². The zero-order chi connectivity index (χ0) is 20.5. The standard InChI is InChI=1S/C20H23N5O3/c1-12-9-10-21-19-23-17(24-25(12)19)18(28)22-15(11-16(26)27)13-5-7-14(8-6-13)20(2,3)4/h5-10,15H,11H2,1-4H3,(H,22,28)(H,26,27). The fourth-order valence-corrected chi connectivity index (χ4v) is 2.87. The van der Waals surface area contributed by atoms with Gasteiger partial charge in [-0.25, -0.2) is 9.50 Å². The van der Waals surface area contributed by atoms with Crippen LogP contribution in [0.1, 0.15) is 60.7 Å². The number of nitrogens with one attached hydrogen (secondary N) is 1. The van der Waals surface area contributed by atoms with Crippen molar-refractivity contribution in [2.45, 2.75) is 45.6 Å². The molecule has 0 bridgehead atoms. The second-order valence-corrected chi connectivity index (χ2v) is 7.73. The second-order valence-electron chi connectivity index (χ2n) is 7.73. The SMILES string of the molecule is Cc1ccnc2nc(C(=O)NC(CC(=O)O)c3ccc(C(C)(C)C)cc3)nn12. The number of carbonyl (C=O) groups is 2. The minimum absolute atomic E-state index is 0.0185. The zero-order valence-corrected chi connectivity index (χ0v) is 16.3. The van der Waals surface area contributed by atoms with Crippen molar-refractivity contribution in [1.29, 1.82) is 0 Å². The molecule has 1 atom stereocenters. The number of hydrogen-bond acceptors (Lipinski definition) is 5. The number of aliphatic carboxylic acids is 1. The number of carboxylic acid groups (broad SMARTS) is 1. The molecular formula is C20H23N5O3. The van der Waals surface area contributed by atoms with Gasteiger partial charge < -0.3 is 10.4 Å². The monoisotopic (exact) mass is 381 g/mol. The normalized spacial score (nSPS) is 12.7. The van der Waals surface area contributed by atoms with E-state index in [1.807, 2.05) is 31.2 Å². The first kappa shape index (κ1) is 19.5. The highest BCUT2D eigenvalue weighted by Crippen LogP contribution is 2.25. The van der Waals surface area contributed by atoms with Crippen LogP contribution in [0.15, 0.2) is 36.5 Å². The van der Waals surface area contributed by atoms with Crippen LogP contribution in [-0.4, -0.2) is 36.6 Å². The lowest BCUT2D eigenvalue weighted by atomic mass is 9.86. The maximum Gasteiger partial charge on any atom is 0.305 e. The Morgan fingerprint density at radius 1 is 1.18 bits per heavy atom. The molecule has 0 fully saturated rings. The Hall–Kier alpha value is -3.29. The van der Waals surface area contributed by atoms with Crippen LogP contribution in [-0.2, 0) is 10.2 Å². The molecule has 8 nitrogen and oxygen atoms in total. The van der Waals surface area contributed by atoms with Gasteiger partial charge >= 0.3 is 5.97 Å². The summed E-state index contributed by atoms with van der Waals surface area (Å²) < 4.78 is 1.47.